The quantitative estimate of drug-likeness (QED) is 0.283. The maximum absolute atomic E-state index is 10.0. The molecule has 2 N–H and O–H groups in total. The molecule has 3 unspecified atom stereocenters. The zero-order valence-corrected chi connectivity index (χ0v) is 18.9. The molecule has 0 bridgehead atoms. The number of rotatable bonds is 12. The lowest BCUT2D eigenvalue weighted by molar-refractivity contribution is 0.0415. The molecule has 2 nitrogen and oxygen atoms in total. The third-order valence-electron chi connectivity index (χ3n) is 5.49. The van der Waals surface area contributed by atoms with E-state index in [0.717, 1.165) is 19.3 Å². The summed E-state index contributed by atoms with van der Waals surface area (Å²) in [6, 6.07) is 0. The first-order valence-corrected chi connectivity index (χ1v) is 11.3. The molecule has 3 atom stereocenters. The highest BCUT2D eigenvalue weighted by Gasteiger charge is 2.54. The van der Waals surface area contributed by atoms with Crippen molar-refractivity contribution >= 4 is 0 Å². The van der Waals surface area contributed by atoms with Crippen LogP contribution in [-0.2, 0) is 0 Å². The predicted molar refractivity (Wildman–Crippen MR) is 118 cm³/mol. The van der Waals surface area contributed by atoms with E-state index in [-0.39, 0.29) is 5.60 Å². The van der Waals surface area contributed by atoms with Gasteiger partial charge in [-0.3, -0.25) is 0 Å². The van der Waals surface area contributed by atoms with Gasteiger partial charge in [0.25, 0.3) is 0 Å². The van der Waals surface area contributed by atoms with Crippen LogP contribution in [0.1, 0.15) is 112 Å². The van der Waals surface area contributed by atoms with Crippen molar-refractivity contribution in [2.45, 2.75) is 118 Å². The first kappa shape index (κ1) is 27.9. The first-order valence-electron chi connectivity index (χ1n) is 11.3. The SMILES string of the molecule is C=CCCCCC.CCC(C(C)C)C1(O)CC1C.CCCCCCCO. The molecular formula is C24H50O2. The van der Waals surface area contributed by atoms with Gasteiger partial charge < -0.3 is 10.2 Å². The Hall–Kier alpha value is -0.340. The summed E-state index contributed by atoms with van der Waals surface area (Å²) >= 11 is 0. The van der Waals surface area contributed by atoms with E-state index in [1.165, 1.54) is 51.4 Å². The molecule has 1 aliphatic carbocycles. The van der Waals surface area contributed by atoms with E-state index < -0.39 is 0 Å². The van der Waals surface area contributed by atoms with Gasteiger partial charge in [0.1, 0.15) is 0 Å². The van der Waals surface area contributed by atoms with Crippen LogP contribution in [-0.4, -0.2) is 22.4 Å². The van der Waals surface area contributed by atoms with Crippen LogP contribution in [0.5, 0.6) is 0 Å². The van der Waals surface area contributed by atoms with Crippen molar-refractivity contribution in [2.24, 2.45) is 17.8 Å². The number of aliphatic hydroxyl groups excluding tert-OH is 1. The fourth-order valence-electron chi connectivity index (χ4n) is 3.60. The second-order valence-electron chi connectivity index (χ2n) is 8.28. The topological polar surface area (TPSA) is 40.5 Å². The highest BCUT2D eigenvalue weighted by Crippen LogP contribution is 2.51. The molecule has 1 saturated carbocycles. The standard InChI is InChI=1S/C10H20O.C7H16O.C7H14/c1-5-9(7(2)3)10(11)6-8(10)4;1-2-3-4-5-6-7-8;1-3-5-7-6-4-2/h7-9,11H,5-6H2,1-4H3;8H,2-7H2,1H3;3H,1,4-7H2,2H3. The average Bonchev–Trinajstić information content (AvgIpc) is 3.21. The molecule has 0 aliphatic heterocycles. The van der Waals surface area contributed by atoms with Crippen LogP contribution in [0.4, 0.5) is 0 Å². The van der Waals surface area contributed by atoms with Gasteiger partial charge in [-0.1, -0.05) is 92.6 Å². The Morgan fingerprint density at radius 1 is 1.00 bits per heavy atom. The minimum atomic E-state index is -0.303. The van der Waals surface area contributed by atoms with Gasteiger partial charge in [0, 0.05) is 6.61 Å². The number of aliphatic hydroxyl groups is 2. The van der Waals surface area contributed by atoms with Gasteiger partial charge in [0.05, 0.1) is 5.60 Å². The zero-order chi connectivity index (χ0) is 20.4. The Bertz CT molecular complexity index is 295. The zero-order valence-electron chi connectivity index (χ0n) is 18.9. The van der Waals surface area contributed by atoms with Crippen molar-refractivity contribution in [1.29, 1.82) is 0 Å². The molecular weight excluding hydrogens is 320 g/mol. The van der Waals surface area contributed by atoms with E-state index in [4.69, 9.17) is 5.11 Å². The van der Waals surface area contributed by atoms with E-state index >= 15 is 0 Å². The summed E-state index contributed by atoms with van der Waals surface area (Å²) < 4.78 is 0. The molecule has 0 amide bonds. The summed E-state index contributed by atoms with van der Waals surface area (Å²) in [5, 5.41) is 18.4. The van der Waals surface area contributed by atoms with Crippen LogP contribution in [0.25, 0.3) is 0 Å². The van der Waals surface area contributed by atoms with E-state index in [0.29, 0.717) is 24.4 Å². The van der Waals surface area contributed by atoms with Crippen molar-refractivity contribution in [3.63, 3.8) is 0 Å². The summed E-state index contributed by atoms with van der Waals surface area (Å²) in [6.07, 6.45) is 15.4. The maximum Gasteiger partial charge on any atom is 0.0708 e. The fraction of sp³-hybridized carbons (Fsp3) is 0.917. The van der Waals surface area contributed by atoms with Crippen molar-refractivity contribution in [2.75, 3.05) is 6.61 Å². The van der Waals surface area contributed by atoms with Crippen LogP contribution in [0.3, 0.4) is 0 Å². The summed E-state index contributed by atoms with van der Waals surface area (Å²) in [6.45, 7) is 17.1. The van der Waals surface area contributed by atoms with Gasteiger partial charge in [-0.25, -0.2) is 0 Å². The average molecular weight is 371 g/mol. The van der Waals surface area contributed by atoms with Crippen molar-refractivity contribution in [3.05, 3.63) is 12.7 Å². The monoisotopic (exact) mass is 370 g/mol. The van der Waals surface area contributed by atoms with Gasteiger partial charge in [-0.15, -0.1) is 6.58 Å². The molecule has 2 heteroatoms. The molecule has 0 aromatic heterocycles. The molecule has 0 heterocycles. The van der Waals surface area contributed by atoms with Crippen molar-refractivity contribution < 1.29 is 10.2 Å². The molecule has 0 radical (unpaired) electrons. The molecule has 0 aromatic carbocycles. The Morgan fingerprint density at radius 3 is 1.81 bits per heavy atom. The Balaban J connectivity index is 0. The Kier molecular flexibility index (Phi) is 19.3. The Morgan fingerprint density at radius 2 is 1.50 bits per heavy atom. The van der Waals surface area contributed by atoms with E-state index in [1.54, 1.807) is 0 Å². The second kappa shape index (κ2) is 18.0. The van der Waals surface area contributed by atoms with E-state index in [1.807, 2.05) is 6.08 Å². The molecule has 1 aliphatic rings. The van der Waals surface area contributed by atoms with Crippen LogP contribution < -0.4 is 0 Å². The van der Waals surface area contributed by atoms with Gasteiger partial charge in [0.15, 0.2) is 0 Å². The molecule has 0 saturated heterocycles. The lowest BCUT2D eigenvalue weighted by Crippen LogP contribution is -2.28. The second-order valence-corrected chi connectivity index (χ2v) is 8.28. The van der Waals surface area contributed by atoms with Crippen molar-refractivity contribution in [1.82, 2.24) is 0 Å². The summed E-state index contributed by atoms with van der Waals surface area (Å²) in [7, 11) is 0. The molecule has 26 heavy (non-hydrogen) atoms. The van der Waals surface area contributed by atoms with Gasteiger partial charge in [-0.2, -0.15) is 0 Å². The molecule has 0 aromatic rings. The Labute approximate surface area is 165 Å². The number of hydrogen-bond acceptors (Lipinski definition) is 2. The number of hydrogen-bond donors (Lipinski definition) is 2. The molecule has 1 fully saturated rings. The summed E-state index contributed by atoms with van der Waals surface area (Å²) in [5.41, 5.74) is -0.303. The normalized spacial score (nSPS) is 22.0. The predicted octanol–water partition coefficient (Wildman–Crippen LogP) is 7.14. The third-order valence-corrected chi connectivity index (χ3v) is 5.49. The minimum absolute atomic E-state index is 0.303. The third kappa shape index (κ3) is 13.8. The van der Waals surface area contributed by atoms with Crippen LogP contribution in [0, 0.1) is 17.8 Å². The van der Waals surface area contributed by atoms with Crippen LogP contribution in [0.15, 0.2) is 12.7 Å². The summed E-state index contributed by atoms with van der Waals surface area (Å²) in [4.78, 5) is 0. The fourth-order valence-corrected chi connectivity index (χ4v) is 3.60. The number of allylic oxidation sites excluding steroid dienone is 1. The van der Waals surface area contributed by atoms with Crippen LogP contribution in [0.2, 0.25) is 0 Å². The minimum Gasteiger partial charge on any atom is -0.396 e. The summed E-state index contributed by atoms with van der Waals surface area (Å²) in [5.74, 6) is 1.67. The lowest BCUT2D eigenvalue weighted by Gasteiger charge is -2.25. The smallest absolute Gasteiger partial charge is 0.0708 e. The van der Waals surface area contributed by atoms with Gasteiger partial charge in [0.2, 0.25) is 0 Å². The number of unbranched alkanes of at least 4 members (excludes halogenated alkanes) is 7. The molecule has 158 valence electrons. The maximum atomic E-state index is 10.0. The molecule has 1 rings (SSSR count). The highest BCUT2D eigenvalue weighted by molar-refractivity contribution is 5.05. The highest BCUT2D eigenvalue weighted by atomic mass is 16.3. The first-order chi connectivity index (χ1) is 12.3. The largest absolute Gasteiger partial charge is 0.396 e. The van der Waals surface area contributed by atoms with E-state index in [2.05, 4.69) is 48.1 Å². The van der Waals surface area contributed by atoms with Crippen molar-refractivity contribution in [3.8, 4) is 0 Å². The lowest BCUT2D eigenvalue weighted by atomic mass is 9.85. The molecule has 0 spiro atoms. The van der Waals surface area contributed by atoms with Crippen LogP contribution >= 0.6 is 0 Å². The van der Waals surface area contributed by atoms with E-state index in [9.17, 15) is 5.11 Å². The van der Waals surface area contributed by atoms with Gasteiger partial charge >= 0.3 is 0 Å². The van der Waals surface area contributed by atoms with Gasteiger partial charge in [-0.05, 0) is 43.4 Å².